The fourth-order valence-electron chi connectivity index (χ4n) is 2.59. The van der Waals surface area contributed by atoms with Gasteiger partial charge in [-0.05, 0) is 36.6 Å². The van der Waals surface area contributed by atoms with E-state index in [2.05, 4.69) is 22.8 Å². The highest BCUT2D eigenvalue weighted by molar-refractivity contribution is 7.16. The first-order chi connectivity index (χ1) is 10.1. The Balaban J connectivity index is 1.64. The Kier molecular flexibility index (Phi) is 4.29. The predicted molar refractivity (Wildman–Crippen MR) is 86.7 cm³/mol. The van der Waals surface area contributed by atoms with Crippen molar-refractivity contribution in [2.75, 3.05) is 0 Å². The molecule has 1 amide bonds. The molecule has 0 fully saturated rings. The largest absolute Gasteiger partial charge is 0.347 e. The van der Waals surface area contributed by atoms with Gasteiger partial charge in [0.1, 0.15) is 0 Å². The molecule has 2 N–H and O–H groups in total. The van der Waals surface area contributed by atoms with Crippen LogP contribution >= 0.6 is 22.9 Å². The van der Waals surface area contributed by atoms with Gasteiger partial charge in [0.15, 0.2) is 0 Å². The number of fused-ring (bicyclic) bond motifs is 1. The highest BCUT2D eigenvalue weighted by Crippen LogP contribution is 2.27. The van der Waals surface area contributed by atoms with Gasteiger partial charge in [0, 0.05) is 11.4 Å². The summed E-state index contributed by atoms with van der Waals surface area (Å²) < 4.78 is 0.746. The van der Waals surface area contributed by atoms with Gasteiger partial charge < -0.3 is 10.6 Å². The van der Waals surface area contributed by atoms with Crippen molar-refractivity contribution in [2.24, 2.45) is 0 Å². The van der Waals surface area contributed by atoms with Gasteiger partial charge in [0.25, 0.3) is 0 Å². The molecule has 1 aliphatic heterocycles. The van der Waals surface area contributed by atoms with Crippen molar-refractivity contribution in [3.8, 4) is 0 Å². The zero-order chi connectivity index (χ0) is 14.8. The van der Waals surface area contributed by atoms with E-state index in [0.717, 1.165) is 22.2 Å². The summed E-state index contributed by atoms with van der Waals surface area (Å²) >= 11 is 7.44. The minimum absolute atomic E-state index is 0.0195. The highest BCUT2D eigenvalue weighted by atomic mass is 35.5. The average Bonchev–Trinajstić information content (AvgIpc) is 2.93. The predicted octanol–water partition coefficient (Wildman–Crippen LogP) is 3.29. The maximum Gasteiger partial charge on any atom is 0.237 e. The van der Waals surface area contributed by atoms with E-state index in [4.69, 9.17) is 11.6 Å². The van der Waals surface area contributed by atoms with Crippen molar-refractivity contribution in [3.05, 3.63) is 56.7 Å². The molecular weight excluding hydrogens is 304 g/mol. The van der Waals surface area contributed by atoms with E-state index >= 15 is 0 Å². The van der Waals surface area contributed by atoms with E-state index in [9.17, 15) is 4.79 Å². The molecule has 1 aromatic carbocycles. The lowest BCUT2D eigenvalue weighted by atomic mass is 9.95. The molecule has 2 heterocycles. The van der Waals surface area contributed by atoms with Gasteiger partial charge in [-0.2, -0.15) is 0 Å². The second-order valence-electron chi connectivity index (χ2n) is 5.28. The molecular formula is C16H17ClN2OS. The van der Waals surface area contributed by atoms with Crippen LogP contribution < -0.4 is 10.6 Å². The molecule has 110 valence electrons. The molecule has 1 aliphatic rings. The Morgan fingerprint density at radius 2 is 2.10 bits per heavy atom. The smallest absolute Gasteiger partial charge is 0.237 e. The molecule has 2 aromatic rings. The van der Waals surface area contributed by atoms with E-state index in [1.54, 1.807) is 0 Å². The van der Waals surface area contributed by atoms with Gasteiger partial charge in [-0.15, -0.1) is 11.3 Å². The SMILES string of the molecule is CC(NC(=O)[C@H]1Cc2ccccc2CN1)c1ccc(Cl)s1. The quantitative estimate of drug-likeness (QED) is 0.911. The van der Waals surface area contributed by atoms with E-state index in [1.165, 1.54) is 22.5 Å². The molecule has 21 heavy (non-hydrogen) atoms. The molecule has 0 aliphatic carbocycles. The molecule has 0 spiro atoms. The summed E-state index contributed by atoms with van der Waals surface area (Å²) in [6.45, 7) is 2.73. The number of thiophene rings is 1. The summed E-state index contributed by atoms with van der Waals surface area (Å²) in [5, 5.41) is 6.36. The lowest BCUT2D eigenvalue weighted by Crippen LogP contribution is -2.48. The third kappa shape index (κ3) is 3.28. The van der Waals surface area contributed by atoms with Crippen molar-refractivity contribution in [2.45, 2.75) is 32.0 Å². The fraction of sp³-hybridized carbons (Fsp3) is 0.312. The zero-order valence-electron chi connectivity index (χ0n) is 11.7. The summed E-state index contributed by atoms with van der Waals surface area (Å²) in [4.78, 5) is 13.5. The van der Waals surface area contributed by atoms with Gasteiger partial charge in [-0.25, -0.2) is 0 Å². The molecule has 1 aromatic heterocycles. The number of hydrogen-bond acceptors (Lipinski definition) is 3. The first-order valence-electron chi connectivity index (χ1n) is 6.99. The first-order valence-corrected chi connectivity index (χ1v) is 8.18. The second-order valence-corrected chi connectivity index (χ2v) is 7.03. The van der Waals surface area contributed by atoms with Gasteiger partial charge in [-0.3, -0.25) is 4.79 Å². The Morgan fingerprint density at radius 1 is 1.33 bits per heavy atom. The number of rotatable bonds is 3. The number of benzene rings is 1. The standard InChI is InChI=1S/C16H17ClN2OS/c1-10(14-6-7-15(17)21-14)19-16(20)13-8-11-4-2-3-5-12(11)9-18-13/h2-7,10,13,18H,8-9H2,1H3,(H,19,20)/t10?,13-/m1/s1. The Bertz CT molecular complexity index is 655. The van der Waals surface area contributed by atoms with E-state index in [0.29, 0.717) is 0 Å². The number of hydrogen-bond donors (Lipinski definition) is 2. The van der Waals surface area contributed by atoms with Gasteiger partial charge >= 0.3 is 0 Å². The Labute approximate surface area is 133 Å². The molecule has 0 radical (unpaired) electrons. The van der Waals surface area contributed by atoms with Gasteiger partial charge in [-0.1, -0.05) is 35.9 Å². The summed E-state index contributed by atoms with van der Waals surface area (Å²) in [5.41, 5.74) is 2.53. The minimum atomic E-state index is -0.169. The Morgan fingerprint density at radius 3 is 2.81 bits per heavy atom. The van der Waals surface area contributed by atoms with E-state index < -0.39 is 0 Å². The van der Waals surface area contributed by atoms with E-state index in [-0.39, 0.29) is 18.0 Å². The fourth-order valence-corrected chi connectivity index (χ4v) is 3.65. The van der Waals surface area contributed by atoms with Crippen LogP contribution in [-0.2, 0) is 17.8 Å². The molecule has 5 heteroatoms. The molecule has 0 bridgehead atoms. The number of amides is 1. The maximum atomic E-state index is 12.4. The Hall–Kier alpha value is -1.36. The van der Waals surface area contributed by atoms with Crippen LogP contribution in [-0.4, -0.2) is 11.9 Å². The van der Waals surface area contributed by atoms with Crippen LogP contribution in [0.3, 0.4) is 0 Å². The van der Waals surface area contributed by atoms with Crippen molar-refractivity contribution in [1.29, 1.82) is 0 Å². The lowest BCUT2D eigenvalue weighted by Gasteiger charge is -2.26. The third-order valence-electron chi connectivity index (χ3n) is 3.78. The van der Waals surface area contributed by atoms with Crippen molar-refractivity contribution in [3.63, 3.8) is 0 Å². The van der Waals surface area contributed by atoms with Crippen molar-refractivity contribution in [1.82, 2.24) is 10.6 Å². The van der Waals surface area contributed by atoms with Crippen molar-refractivity contribution >= 4 is 28.8 Å². The number of carbonyl (C=O) groups excluding carboxylic acids is 1. The van der Waals surface area contributed by atoms with Crippen LogP contribution in [0.25, 0.3) is 0 Å². The summed E-state index contributed by atoms with van der Waals surface area (Å²) in [6, 6.07) is 11.9. The van der Waals surface area contributed by atoms with Crippen LogP contribution in [0.2, 0.25) is 4.34 Å². The summed E-state index contributed by atoms with van der Waals surface area (Å²) in [7, 11) is 0. The topological polar surface area (TPSA) is 41.1 Å². The van der Waals surface area contributed by atoms with Crippen molar-refractivity contribution < 1.29 is 4.79 Å². The molecule has 0 saturated heterocycles. The van der Waals surface area contributed by atoms with Gasteiger partial charge in [0.05, 0.1) is 16.4 Å². The summed E-state index contributed by atoms with van der Waals surface area (Å²) in [5.74, 6) is 0.0431. The van der Waals surface area contributed by atoms with Crippen LogP contribution in [0.15, 0.2) is 36.4 Å². The second kappa shape index (κ2) is 6.18. The lowest BCUT2D eigenvalue weighted by molar-refractivity contribution is -0.123. The molecule has 3 rings (SSSR count). The minimum Gasteiger partial charge on any atom is -0.347 e. The monoisotopic (exact) mass is 320 g/mol. The molecule has 0 saturated carbocycles. The normalized spacial score (nSPS) is 18.9. The summed E-state index contributed by atoms with van der Waals surface area (Å²) in [6.07, 6.45) is 0.736. The molecule has 3 nitrogen and oxygen atoms in total. The highest BCUT2D eigenvalue weighted by Gasteiger charge is 2.25. The van der Waals surface area contributed by atoms with Crippen LogP contribution in [0.5, 0.6) is 0 Å². The average molecular weight is 321 g/mol. The van der Waals surface area contributed by atoms with Gasteiger partial charge in [0.2, 0.25) is 5.91 Å². The zero-order valence-corrected chi connectivity index (χ0v) is 13.3. The maximum absolute atomic E-state index is 12.4. The third-order valence-corrected chi connectivity index (χ3v) is 5.19. The van der Waals surface area contributed by atoms with Crippen LogP contribution in [0.4, 0.5) is 0 Å². The number of nitrogens with one attached hydrogen (secondary N) is 2. The molecule has 1 unspecified atom stereocenters. The molecule has 2 atom stereocenters. The first kappa shape index (κ1) is 14.6. The number of halogens is 1. The van der Waals surface area contributed by atoms with Crippen LogP contribution in [0, 0.1) is 0 Å². The van der Waals surface area contributed by atoms with Crippen LogP contribution in [0.1, 0.15) is 29.0 Å². The number of carbonyl (C=O) groups is 1. The van der Waals surface area contributed by atoms with E-state index in [1.807, 2.05) is 31.2 Å².